The van der Waals surface area contributed by atoms with E-state index in [1.54, 1.807) is 6.92 Å². The number of fused-ring (bicyclic) bond motifs is 3. The summed E-state index contributed by atoms with van der Waals surface area (Å²) >= 11 is 0. The van der Waals surface area contributed by atoms with Gasteiger partial charge >= 0.3 is 0 Å². The van der Waals surface area contributed by atoms with Crippen LogP contribution < -0.4 is 10.5 Å². The van der Waals surface area contributed by atoms with Crippen LogP contribution in [-0.2, 0) is 30.2 Å². The summed E-state index contributed by atoms with van der Waals surface area (Å²) in [7, 11) is 1.34. The highest BCUT2D eigenvalue weighted by Crippen LogP contribution is 2.52. The predicted octanol–water partition coefficient (Wildman–Crippen LogP) is 1.55. The van der Waals surface area contributed by atoms with Crippen LogP contribution in [-0.4, -0.2) is 94.5 Å². The van der Waals surface area contributed by atoms with Crippen LogP contribution in [0.1, 0.15) is 88.1 Å². The SMILES string of the molecule is COc1cccc2c1C(=O)c1c(O)c3c(c(O)c1C2=O)CC(O)(C(=O)CO)CC3O[C@H]1C[C@H](N)[C@H](OC2CCCCO2)[C@H](C)O1. The Labute approximate surface area is 258 Å². The van der Waals surface area contributed by atoms with E-state index in [1.165, 1.54) is 25.3 Å². The van der Waals surface area contributed by atoms with Gasteiger partial charge in [0.05, 0.1) is 36.0 Å². The summed E-state index contributed by atoms with van der Waals surface area (Å²) in [6.07, 6.45) is -2.03. The standard InChI is InChI=1S/C32H37NO12/c1-14-31(45-21-8-3-4-9-42-21)17(33)10-22(43-14)44-19-12-32(40,20(35)13-34)11-16-24(19)30(39)26-25(28(16)37)27(36)15-6-5-7-18(41-2)23(15)29(26)38/h5-7,14,17,19,21-22,31,34,37,39-40H,3-4,8-13,33H2,1-2H3/t14-,17-,19?,21?,22-,31+,32?/m0/s1. The first-order valence-corrected chi connectivity index (χ1v) is 15.1. The molecule has 2 heterocycles. The van der Waals surface area contributed by atoms with Gasteiger partial charge < -0.3 is 49.8 Å². The average molecular weight is 628 g/mol. The maximum Gasteiger partial charge on any atom is 0.202 e. The molecule has 0 spiro atoms. The van der Waals surface area contributed by atoms with Gasteiger partial charge in [0.2, 0.25) is 5.78 Å². The van der Waals surface area contributed by atoms with Crippen molar-refractivity contribution in [1.82, 2.24) is 0 Å². The van der Waals surface area contributed by atoms with Crippen LogP contribution in [0.25, 0.3) is 0 Å². The lowest BCUT2D eigenvalue weighted by Gasteiger charge is -2.43. The van der Waals surface area contributed by atoms with Crippen LogP contribution in [0.15, 0.2) is 18.2 Å². The van der Waals surface area contributed by atoms with Gasteiger partial charge in [-0.05, 0) is 32.3 Å². The van der Waals surface area contributed by atoms with Crippen molar-refractivity contribution in [2.45, 2.75) is 88.0 Å². The molecule has 0 saturated carbocycles. The van der Waals surface area contributed by atoms with Gasteiger partial charge in [0.15, 0.2) is 24.1 Å². The Morgan fingerprint density at radius 1 is 1.07 bits per heavy atom. The van der Waals surface area contributed by atoms with E-state index in [0.717, 1.165) is 19.3 Å². The molecular formula is C32H37NO12. The van der Waals surface area contributed by atoms with Gasteiger partial charge in [0.1, 0.15) is 35.6 Å². The maximum atomic E-state index is 13.8. The van der Waals surface area contributed by atoms with Crippen LogP contribution >= 0.6 is 0 Å². The zero-order valence-corrected chi connectivity index (χ0v) is 25.0. The summed E-state index contributed by atoms with van der Waals surface area (Å²) in [5.74, 6) is -3.67. The molecule has 45 heavy (non-hydrogen) atoms. The number of aliphatic hydroxyl groups is 2. The van der Waals surface area contributed by atoms with Gasteiger partial charge in [-0.3, -0.25) is 14.4 Å². The number of ketones is 3. The topological polar surface area (TPSA) is 204 Å². The van der Waals surface area contributed by atoms with Crippen molar-refractivity contribution in [3.63, 3.8) is 0 Å². The molecule has 2 aromatic rings. The molecule has 13 heteroatoms. The Hall–Kier alpha value is -3.43. The highest BCUT2D eigenvalue weighted by Gasteiger charge is 2.50. The van der Waals surface area contributed by atoms with Crippen LogP contribution in [0.2, 0.25) is 0 Å². The molecule has 7 atom stereocenters. The number of ether oxygens (including phenoxy) is 5. The highest BCUT2D eigenvalue weighted by molar-refractivity contribution is 6.31. The van der Waals surface area contributed by atoms with Crippen molar-refractivity contribution in [1.29, 1.82) is 0 Å². The smallest absolute Gasteiger partial charge is 0.202 e. The Kier molecular flexibility index (Phi) is 8.46. The Morgan fingerprint density at radius 3 is 2.49 bits per heavy atom. The van der Waals surface area contributed by atoms with Gasteiger partial charge in [-0.15, -0.1) is 0 Å². The van der Waals surface area contributed by atoms with Crippen molar-refractivity contribution in [2.24, 2.45) is 5.73 Å². The number of carbonyl (C=O) groups is 3. The van der Waals surface area contributed by atoms with Gasteiger partial charge in [-0.25, -0.2) is 0 Å². The first-order chi connectivity index (χ1) is 21.5. The fourth-order valence-corrected chi connectivity index (χ4v) is 6.95. The van der Waals surface area contributed by atoms with Crippen molar-refractivity contribution in [3.05, 3.63) is 51.6 Å². The fraction of sp³-hybridized carbons (Fsp3) is 0.531. The zero-order valence-electron chi connectivity index (χ0n) is 25.0. The third-order valence-electron chi connectivity index (χ3n) is 9.22. The molecule has 2 aliphatic heterocycles. The molecular weight excluding hydrogens is 590 g/mol. The number of nitrogens with two attached hydrogens (primary N) is 1. The van der Waals surface area contributed by atoms with Crippen molar-refractivity contribution >= 4 is 17.3 Å². The normalized spacial score (nSPS) is 31.1. The number of benzene rings is 2. The van der Waals surface area contributed by atoms with Crippen LogP contribution in [0.4, 0.5) is 0 Å². The molecule has 4 aliphatic rings. The lowest BCUT2D eigenvalue weighted by molar-refractivity contribution is -0.281. The number of carbonyl (C=O) groups excluding carboxylic acids is 3. The minimum atomic E-state index is -2.24. The third kappa shape index (κ3) is 5.31. The van der Waals surface area contributed by atoms with Gasteiger partial charge in [0.25, 0.3) is 0 Å². The fourth-order valence-electron chi connectivity index (χ4n) is 6.95. The van der Waals surface area contributed by atoms with E-state index in [4.69, 9.17) is 29.4 Å². The number of rotatable bonds is 7. The quantitative estimate of drug-likeness (QED) is 0.236. The number of hydrogen-bond acceptors (Lipinski definition) is 13. The van der Waals surface area contributed by atoms with E-state index in [1.807, 2.05) is 0 Å². The summed E-state index contributed by atoms with van der Waals surface area (Å²) in [5.41, 5.74) is 2.98. The summed E-state index contributed by atoms with van der Waals surface area (Å²) in [6, 6.07) is 3.86. The van der Waals surface area contributed by atoms with Crippen molar-refractivity contribution in [2.75, 3.05) is 20.3 Å². The average Bonchev–Trinajstić information content (AvgIpc) is 3.02. The number of hydrogen-bond donors (Lipinski definition) is 5. The Bertz CT molecular complexity index is 1520. The van der Waals surface area contributed by atoms with E-state index in [9.17, 15) is 34.8 Å². The second-order valence-corrected chi connectivity index (χ2v) is 12.1. The van der Waals surface area contributed by atoms with Gasteiger partial charge in [-0.2, -0.15) is 0 Å². The summed E-state index contributed by atoms with van der Waals surface area (Å²) in [6.45, 7) is 1.35. The molecule has 242 valence electrons. The van der Waals surface area contributed by atoms with Crippen LogP contribution in [0.3, 0.4) is 0 Å². The number of Topliss-reactive ketones (excluding diaryl/α,β-unsaturated/α-hetero) is 1. The molecule has 2 saturated heterocycles. The van der Waals surface area contributed by atoms with Gasteiger partial charge in [0, 0.05) is 48.6 Å². The molecule has 0 bridgehead atoms. The van der Waals surface area contributed by atoms with E-state index < -0.39 is 102 Å². The molecule has 2 aliphatic carbocycles. The number of aliphatic hydroxyl groups excluding tert-OH is 1. The highest BCUT2D eigenvalue weighted by atomic mass is 16.7. The van der Waals surface area contributed by atoms with Crippen molar-refractivity contribution < 1.29 is 58.5 Å². The number of phenols is 2. The number of phenolic OH excluding ortho intramolecular Hbond substituents is 2. The third-order valence-corrected chi connectivity index (χ3v) is 9.22. The molecule has 3 unspecified atom stereocenters. The summed E-state index contributed by atoms with van der Waals surface area (Å²) in [4.78, 5) is 40.2. The number of aromatic hydroxyl groups is 2. The van der Waals surface area contributed by atoms with E-state index in [0.29, 0.717) is 6.61 Å². The molecule has 0 amide bonds. The Morgan fingerprint density at radius 2 is 1.82 bits per heavy atom. The minimum absolute atomic E-state index is 0.0409. The summed E-state index contributed by atoms with van der Waals surface area (Å²) in [5, 5.41) is 44.2. The van der Waals surface area contributed by atoms with E-state index >= 15 is 0 Å². The van der Waals surface area contributed by atoms with Gasteiger partial charge in [-0.1, -0.05) is 12.1 Å². The number of methoxy groups -OCH3 is 1. The second kappa shape index (κ2) is 12.1. The lowest BCUT2D eigenvalue weighted by Crippen LogP contribution is -2.55. The van der Waals surface area contributed by atoms with E-state index in [2.05, 4.69) is 0 Å². The van der Waals surface area contributed by atoms with Crippen LogP contribution in [0.5, 0.6) is 17.2 Å². The largest absolute Gasteiger partial charge is 0.507 e. The first kappa shape index (κ1) is 31.5. The lowest BCUT2D eigenvalue weighted by atomic mass is 9.72. The molecule has 0 radical (unpaired) electrons. The monoisotopic (exact) mass is 627 g/mol. The molecule has 2 fully saturated rings. The predicted molar refractivity (Wildman–Crippen MR) is 154 cm³/mol. The first-order valence-electron chi connectivity index (χ1n) is 15.1. The molecule has 0 aromatic heterocycles. The molecule has 6 N–H and O–H groups in total. The van der Waals surface area contributed by atoms with Crippen molar-refractivity contribution in [3.8, 4) is 17.2 Å². The van der Waals surface area contributed by atoms with Crippen LogP contribution in [0, 0.1) is 0 Å². The molecule has 2 aromatic carbocycles. The summed E-state index contributed by atoms with van der Waals surface area (Å²) < 4.78 is 29.5. The zero-order chi connectivity index (χ0) is 32.2. The maximum absolute atomic E-state index is 13.8. The van der Waals surface area contributed by atoms with E-state index in [-0.39, 0.29) is 34.4 Å². The minimum Gasteiger partial charge on any atom is -0.507 e. The molecule has 13 nitrogen and oxygen atoms in total. The second-order valence-electron chi connectivity index (χ2n) is 12.1. The molecule has 6 rings (SSSR count). The Balaban J connectivity index is 1.38.